The topological polar surface area (TPSA) is 21.3 Å². The van der Waals surface area contributed by atoms with Gasteiger partial charge >= 0.3 is 0 Å². The van der Waals surface area contributed by atoms with Crippen LogP contribution in [0.5, 0.6) is 11.5 Å². The summed E-state index contributed by atoms with van der Waals surface area (Å²) in [5.41, 5.74) is 2.38. The van der Waals surface area contributed by atoms with Crippen molar-refractivity contribution in [3.05, 3.63) is 56.5 Å². The van der Waals surface area contributed by atoms with Crippen LogP contribution in [0.3, 0.4) is 0 Å². The van der Waals surface area contributed by atoms with Gasteiger partial charge in [-0.05, 0) is 48.4 Å². The fourth-order valence-electron chi connectivity index (χ4n) is 1.87. The molecule has 4 heteroatoms. The third kappa shape index (κ3) is 4.83. The Morgan fingerprint density at radius 3 is 2.29 bits per heavy atom. The minimum Gasteiger partial charge on any atom is -0.457 e. The number of ether oxygens (including phenoxy) is 1. The quantitative estimate of drug-likeness (QED) is 0.668. The van der Waals surface area contributed by atoms with E-state index < -0.39 is 0 Å². The maximum absolute atomic E-state index is 5.90. The Hall–Kier alpha value is -0.840. The van der Waals surface area contributed by atoms with Crippen molar-refractivity contribution in [1.29, 1.82) is 0 Å². The van der Waals surface area contributed by atoms with Gasteiger partial charge in [-0.15, -0.1) is 0 Å². The predicted octanol–water partition coefficient (Wildman–Crippen LogP) is 5.81. The summed E-state index contributed by atoms with van der Waals surface area (Å²) < 4.78 is 8.05. The summed E-state index contributed by atoms with van der Waals surface area (Å²) in [6.07, 6.45) is 0. The Bertz CT molecular complexity index is 626. The van der Waals surface area contributed by atoms with Gasteiger partial charge in [0.25, 0.3) is 0 Å². The molecular weight excluding hydrogens is 394 g/mol. The van der Waals surface area contributed by atoms with E-state index in [2.05, 4.69) is 57.1 Å². The van der Waals surface area contributed by atoms with E-state index in [1.165, 1.54) is 5.56 Å². The molecule has 0 saturated carbocycles. The smallest absolute Gasteiger partial charge is 0.128 e. The lowest BCUT2D eigenvalue weighted by molar-refractivity contribution is 0.481. The lowest BCUT2D eigenvalue weighted by Gasteiger charge is -2.12. The second-order valence-electron chi connectivity index (χ2n) is 5.30. The number of halogens is 2. The van der Waals surface area contributed by atoms with E-state index in [0.29, 0.717) is 6.04 Å². The molecule has 0 saturated heterocycles. The fourth-order valence-corrected chi connectivity index (χ4v) is 2.61. The SMILES string of the molecule is Cc1cc(Oc2ccc(CNC(C)C)c(Br)c2)ccc1Br. The van der Waals surface area contributed by atoms with Gasteiger partial charge in [0.2, 0.25) is 0 Å². The van der Waals surface area contributed by atoms with E-state index in [1.807, 2.05) is 37.3 Å². The minimum absolute atomic E-state index is 0.471. The molecule has 1 N–H and O–H groups in total. The maximum atomic E-state index is 5.90. The zero-order valence-corrected chi connectivity index (χ0v) is 15.6. The highest BCUT2D eigenvalue weighted by molar-refractivity contribution is 9.10. The summed E-state index contributed by atoms with van der Waals surface area (Å²) in [6.45, 7) is 7.17. The molecule has 0 atom stereocenters. The molecule has 112 valence electrons. The Labute approximate surface area is 143 Å². The molecule has 2 nitrogen and oxygen atoms in total. The Morgan fingerprint density at radius 2 is 1.67 bits per heavy atom. The first-order chi connectivity index (χ1) is 9.95. The zero-order chi connectivity index (χ0) is 15.4. The average molecular weight is 413 g/mol. The van der Waals surface area contributed by atoms with Crippen molar-refractivity contribution in [3.63, 3.8) is 0 Å². The molecule has 0 aliphatic heterocycles. The summed E-state index contributed by atoms with van der Waals surface area (Å²) in [6, 6.07) is 12.5. The van der Waals surface area contributed by atoms with E-state index >= 15 is 0 Å². The molecule has 21 heavy (non-hydrogen) atoms. The highest BCUT2D eigenvalue weighted by Gasteiger charge is 2.05. The molecule has 0 fully saturated rings. The van der Waals surface area contributed by atoms with Crippen LogP contribution in [0, 0.1) is 6.92 Å². The van der Waals surface area contributed by atoms with Crippen LogP contribution in [-0.2, 0) is 6.54 Å². The zero-order valence-electron chi connectivity index (χ0n) is 12.4. The monoisotopic (exact) mass is 411 g/mol. The van der Waals surface area contributed by atoms with Crippen molar-refractivity contribution in [2.24, 2.45) is 0 Å². The Kier molecular flexibility index (Phi) is 5.85. The maximum Gasteiger partial charge on any atom is 0.128 e. The van der Waals surface area contributed by atoms with Crippen LogP contribution in [0.25, 0.3) is 0 Å². The van der Waals surface area contributed by atoms with Crippen LogP contribution in [0.15, 0.2) is 45.3 Å². The largest absolute Gasteiger partial charge is 0.457 e. The predicted molar refractivity (Wildman–Crippen MR) is 95.1 cm³/mol. The summed E-state index contributed by atoms with van der Waals surface area (Å²) in [5.74, 6) is 1.67. The lowest BCUT2D eigenvalue weighted by Crippen LogP contribution is -2.21. The number of hydrogen-bond acceptors (Lipinski definition) is 2. The lowest BCUT2D eigenvalue weighted by atomic mass is 10.2. The van der Waals surface area contributed by atoms with Gasteiger partial charge in [-0.25, -0.2) is 0 Å². The molecular formula is C17H19Br2NO. The standard InChI is InChI=1S/C17H19Br2NO/c1-11(2)20-10-13-4-5-15(9-17(13)19)21-14-6-7-16(18)12(3)8-14/h4-9,11,20H,10H2,1-3H3. The Morgan fingerprint density at radius 1 is 1.00 bits per heavy atom. The normalized spacial score (nSPS) is 11.0. The third-order valence-corrected chi connectivity index (χ3v) is 4.72. The molecule has 2 aromatic rings. The fraction of sp³-hybridized carbons (Fsp3) is 0.294. The van der Waals surface area contributed by atoms with Crippen molar-refractivity contribution in [3.8, 4) is 11.5 Å². The van der Waals surface area contributed by atoms with Crippen molar-refractivity contribution < 1.29 is 4.74 Å². The summed E-state index contributed by atoms with van der Waals surface area (Å²) in [4.78, 5) is 0. The van der Waals surface area contributed by atoms with Crippen molar-refractivity contribution in [2.75, 3.05) is 0 Å². The third-order valence-electron chi connectivity index (χ3n) is 3.09. The van der Waals surface area contributed by atoms with Crippen LogP contribution < -0.4 is 10.1 Å². The van der Waals surface area contributed by atoms with Crippen LogP contribution in [0.2, 0.25) is 0 Å². The number of hydrogen-bond donors (Lipinski definition) is 1. The highest BCUT2D eigenvalue weighted by Crippen LogP contribution is 2.29. The molecule has 0 aliphatic rings. The molecule has 0 spiro atoms. The van der Waals surface area contributed by atoms with Gasteiger partial charge in [0.1, 0.15) is 11.5 Å². The van der Waals surface area contributed by atoms with E-state index in [0.717, 1.165) is 32.6 Å². The Balaban J connectivity index is 2.10. The van der Waals surface area contributed by atoms with Crippen molar-refractivity contribution in [2.45, 2.75) is 33.4 Å². The molecule has 2 rings (SSSR count). The first-order valence-corrected chi connectivity index (χ1v) is 8.50. The van der Waals surface area contributed by atoms with Gasteiger partial charge in [0.15, 0.2) is 0 Å². The second-order valence-corrected chi connectivity index (χ2v) is 7.01. The molecule has 0 bridgehead atoms. The average Bonchev–Trinajstić information content (AvgIpc) is 2.42. The number of rotatable bonds is 5. The van der Waals surface area contributed by atoms with Crippen LogP contribution >= 0.6 is 31.9 Å². The van der Waals surface area contributed by atoms with Crippen molar-refractivity contribution >= 4 is 31.9 Å². The van der Waals surface area contributed by atoms with Gasteiger partial charge in [-0.2, -0.15) is 0 Å². The first kappa shape index (κ1) is 16.5. The highest BCUT2D eigenvalue weighted by atomic mass is 79.9. The van der Waals surface area contributed by atoms with Gasteiger partial charge in [-0.3, -0.25) is 0 Å². The number of aryl methyl sites for hydroxylation is 1. The first-order valence-electron chi connectivity index (χ1n) is 6.91. The summed E-state index contributed by atoms with van der Waals surface area (Å²) >= 11 is 7.10. The molecule has 0 amide bonds. The summed E-state index contributed by atoms with van der Waals surface area (Å²) in [7, 11) is 0. The molecule has 0 unspecified atom stereocenters. The van der Waals surface area contributed by atoms with E-state index in [1.54, 1.807) is 0 Å². The summed E-state index contributed by atoms with van der Waals surface area (Å²) in [5, 5.41) is 3.41. The molecule has 0 radical (unpaired) electrons. The van der Waals surface area contributed by atoms with E-state index in [4.69, 9.17) is 4.74 Å². The molecule has 0 aromatic heterocycles. The van der Waals surface area contributed by atoms with Crippen LogP contribution in [0.1, 0.15) is 25.0 Å². The van der Waals surface area contributed by atoms with E-state index in [-0.39, 0.29) is 0 Å². The van der Waals surface area contributed by atoms with Gasteiger partial charge in [-0.1, -0.05) is 51.8 Å². The van der Waals surface area contributed by atoms with Crippen LogP contribution in [0.4, 0.5) is 0 Å². The minimum atomic E-state index is 0.471. The second kappa shape index (κ2) is 7.43. The van der Waals surface area contributed by atoms with Crippen molar-refractivity contribution in [1.82, 2.24) is 5.32 Å². The van der Waals surface area contributed by atoms with Gasteiger partial charge < -0.3 is 10.1 Å². The van der Waals surface area contributed by atoms with Crippen LogP contribution in [-0.4, -0.2) is 6.04 Å². The van der Waals surface area contributed by atoms with E-state index in [9.17, 15) is 0 Å². The molecule has 2 aromatic carbocycles. The number of benzene rings is 2. The van der Waals surface area contributed by atoms with Gasteiger partial charge in [0.05, 0.1) is 0 Å². The van der Waals surface area contributed by atoms with Gasteiger partial charge in [0, 0.05) is 21.5 Å². The molecule has 0 heterocycles. The molecule has 0 aliphatic carbocycles. The number of nitrogens with one attached hydrogen (secondary N) is 1.